The Morgan fingerprint density at radius 2 is 1.72 bits per heavy atom. The van der Waals surface area contributed by atoms with E-state index < -0.39 is 18.4 Å². The third-order valence-corrected chi connectivity index (χ3v) is 9.05. The van der Waals surface area contributed by atoms with E-state index in [0.717, 1.165) is 18.8 Å². The van der Waals surface area contributed by atoms with Gasteiger partial charge in [-0.25, -0.2) is 0 Å². The number of thiocarbonyl (C=S) groups is 1. The Kier molecular flexibility index (Phi) is 5.91. The molecule has 0 saturated carbocycles. The van der Waals surface area contributed by atoms with Crippen LogP contribution in [0.4, 0.5) is 0 Å². The molecule has 4 heteroatoms. The Hall–Kier alpha value is -0.291. The van der Waals surface area contributed by atoms with Gasteiger partial charge in [0, 0.05) is 0 Å². The second-order valence-corrected chi connectivity index (χ2v) is 20.0. The van der Waals surface area contributed by atoms with Crippen LogP contribution < -0.4 is 8.32 Å². The van der Waals surface area contributed by atoms with Gasteiger partial charge in [0.2, 0.25) is 0 Å². The number of hydrogen-bond donors (Lipinski definition) is 0. The molecule has 0 saturated heterocycles. The molecule has 0 aliphatic rings. The first-order valence-corrected chi connectivity index (χ1v) is 16.9. The van der Waals surface area contributed by atoms with Crippen molar-refractivity contribution >= 4 is 39.3 Å². The first-order valence-electron chi connectivity index (χ1n) is 6.46. The molecular formula is C14H23NOSSn. The van der Waals surface area contributed by atoms with Crippen LogP contribution in [0, 0.1) is 0 Å². The summed E-state index contributed by atoms with van der Waals surface area (Å²) in [4.78, 5) is 9.22. The van der Waals surface area contributed by atoms with Crippen molar-refractivity contribution in [3.05, 3.63) is 24.3 Å². The van der Waals surface area contributed by atoms with Gasteiger partial charge in [-0.15, -0.1) is 0 Å². The summed E-state index contributed by atoms with van der Waals surface area (Å²) in [5.74, 6) is 0.956. The molecule has 0 N–H and O–H groups in total. The Labute approximate surface area is 120 Å². The Morgan fingerprint density at radius 1 is 1.17 bits per heavy atom. The van der Waals surface area contributed by atoms with E-state index in [4.69, 9.17) is 17.0 Å². The fraction of sp³-hybridized carbons (Fsp3) is 0.500. The van der Waals surface area contributed by atoms with Crippen molar-refractivity contribution in [2.45, 2.75) is 28.7 Å². The molecule has 0 amide bonds. The van der Waals surface area contributed by atoms with Gasteiger partial charge in [-0.2, -0.15) is 0 Å². The predicted octanol–water partition coefficient (Wildman–Crippen LogP) is 3.24. The molecule has 0 aromatic heterocycles. The summed E-state index contributed by atoms with van der Waals surface area (Å²) in [6.07, 6.45) is 0. The zero-order valence-electron chi connectivity index (χ0n) is 12.0. The van der Waals surface area contributed by atoms with Crippen molar-refractivity contribution in [2.24, 2.45) is 0 Å². The fourth-order valence-corrected chi connectivity index (χ4v) is 6.36. The van der Waals surface area contributed by atoms with Gasteiger partial charge in [-0.3, -0.25) is 0 Å². The van der Waals surface area contributed by atoms with Crippen LogP contribution in [0.1, 0.15) is 13.8 Å². The first kappa shape index (κ1) is 15.8. The first-order chi connectivity index (χ1) is 8.40. The summed E-state index contributed by atoms with van der Waals surface area (Å²) in [6, 6.07) is 8.33. The zero-order valence-corrected chi connectivity index (χ0v) is 15.7. The van der Waals surface area contributed by atoms with E-state index in [1.807, 2.05) is 12.1 Å². The standard InChI is InChI=1S/C11H14NOS.3CH3.Sn/c1-3-12(4-2)11(14)13-10-8-6-5-7-9-10;;;;/h5-8H,3-4H2,1-2H3;3*1H3;. The summed E-state index contributed by atoms with van der Waals surface area (Å²) >= 11 is 3.22. The number of nitrogens with zero attached hydrogens (tertiary/aromatic N) is 1. The summed E-state index contributed by atoms with van der Waals surface area (Å²) in [5, 5.41) is 0.586. The van der Waals surface area contributed by atoms with Gasteiger partial charge in [0.15, 0.2) is 0 Å². The predicted molar refractivity (Wildman–Crippen MR) is 85.6 cm³/mol. The van der Waals surface area contributed by atoms with Gasteiger partial charge < -0.3 is 0 Å². The van der Waals surface area contributed by atoms with Crippen LogP contribution in [0.3, 0.4) is 0 Å². The minimum absolute atomic E-state index is 0.586. The fourth-order valence-electron chi connectivity index (χ4n) is 1.82. The number of para-hydroxylation sites is 1. The maximum atomic E-state index is 5.93. The van der Waals surface area contributed by atoms with Crippen molar-refractivity contribution in [3.63, 3.8) is 0 Å². The molecule has 0 aliphatic heterocycles. The van der Waals surface area contributed by atoms with Crippen LogP contribution in [0.5, 0.6) is 5.75 Å². The second kappa shape index (κ2) is 6.75. The number of benzene rings is 1. The molecule has 1 rings (SSSR count). The van der Waals surface area contributed by atoms with Crippen LogP contribution in [0.2, 0.25) is 14.8 Å². The summed E-state index contributed by atoms with van der Waals surface area (Å²) < 4.78 is 7.32. The van der Waals surface area contributed by atoms with E-state index in [9.17, 15) is 0 Å². The maximum absolute atomic E-state index is 5.93. The molecule has 2 nitrogen and oxygen atoms in total. The summed E-state index contributed by atoms with van der Waals surface area (Å²) in [7, 11) is 0. The molecule has 0 heterocycles. The molecule has 100 valence electrons. The monoisotopic (exact) mass is 373 g/mol. The Bertz CT molecular complexity index is 411. The molecule has 0 aliphatic carbocycles. The van der Waals surface area contributed by atoms with Crippen molar-refractivity contribution < 1.29 is 4.74 Å². The zero-order chi connectivity index (χ0) is 13.8. The third-order valence-electron chi connectivity index (χ3n) is 2.91. The number of hydrogen-bond acceptors (Lipinski definition) is 2. The molecule has 18 heavy (non-hydrogen) atoms. The molecule has 0 radical (unpaired) electrons. The molecule has 0 atom stereocenters. The molecule has 0 spiro atoms. The number of ether oxygens (including phenoxy) is 1. The van der Waals surface area contributed by atoms with Gasteiger partial charge >= 0.3 is 121 Å². The number of rotatable bonds is 4. The normalized spacial score (nSPS) is 11.2. The van der Waals surface area contributed by atoms with Crippen LogP contribution in [-0.2, 0) is 0 Å². The van der Waals surface area contributed by atoms with E-state index in [2.05, 4.69) is 45.7 Å². The summed E-state index contributed by atoms with van der Waals surface area (Å²) in [6.45, 7) is 5.95. The molecule has 0 fully saturated rings. The van der Waals surface area contributed by atoms with Crippen LogP contribution in [0.15, 0.2) is 24.3 Å². The summed E-state index contributed by atoms with van der Waals surface area (Å²) in [5.41, 5.74) is 0. The van der Waals surface area contributed by atoms with Crippen molar-refractivity contribution in [2.75, 3.05) is 13.1 Å². The molecule has 0 unspecified atom stereocenters. The Balaban J connectivity index is 2.95. The average Bonchev–Trinajstić information content (AvgIpc) is 2.30. The van der Waals surface area contributed by atoms with Gasteiger partial charge in [-0.1, -0.05) is 0 Å². The van der Waals surface area contributed by atoms with Gasteiger partial charge in [0.25, 0.3) is 0 Å². The van der Waals surface area contributed by atoms with E-state index >= 15 is 0 Å². The van der Waals surface area contributed by atoms with E-state index in [1.54, 1.807) is 0 Å². The van der Waals surface area contributed by atoms with Gasteiger partial charge in [0.05, 0.1) is 0 Å². The molecule has 0 bridgehead atoms. The molecular weight excluding hydrogens is 349 g/mol. The van der Waals surface area contributed by atoms with Crippen LogP contribution in [-0.4, -0.2) is 41.5 Å². The minimum atomic E-state index is -2.15. The topological polar surface area (TPSA) is 12.5 Å². The average molecular weight is 372 g/mol. The van der Waals surface area contributed by atoms with Crippen LogP contribution >= 0.6 is 12.2 Å². The molecule has 1 aromatic carbocycles. The van der Waals surface area contributed by atoms with Crippen molar-refractivity contribution in [1.29, 1.82) is 0 Å². The van der Waals surface area contributed by atoms with Crippen LogP contribution in [0.25, 0.3) is 0 Å². The van der Waals surface area contributed by atoms with E-state index in [0.29, 0.717) is 5.17 Å². The van der Waals surface area contributed by atoms with E-state index in [-0.39, 0.29) is 0 Å². The van der Waals surface area contributed by atoms with Crippen molar-refractivity contribution in [3.8, 4) is 5.75 Å². The quantitative estimate of drug-likeness (QED) is 0.595. The van der Waals surface area contributed by atoms with E-state index in [1.165, 1.54) is 3.58 Å². The van der Waals surface area contributed by atoms with Gasteiger partial charge in [-0.05, 0) is 0 Å². The molecule has 1 aromatic rings. The SMILES string of the molecule is CCN(CC)C(=S)Oc1cccc[c]1[Sn]([CH3])([CH3])[CH3]. The second-order valence-electron chi connectivity index (χ2n) is 5.29. The van der Waals surface area contributed by atoms with Gasteiger partial charge in [0.1, 0.15) is 0 Å². The third kappa shape index (κ3) is 4.12. The Morgan fingerprint density at radius 3 is 2.22 bits per heavy atom. The van der Waals surface area contributed by atoms with Crippen molar-refractivity contribution in [1.82, 2.24) is 4.90 Å².